The summed E-state index contributed by atoms with van der Waals surface area (Å²) < 4.78 is 29.2. The summed E-state index contributed by atoms with van der Waals surface area (Å²) in [6.07, 6.45) is 1.65. The second-order valence-corrected chi connectivity index (χ2v) is 10.2. The predicted molar refractivity (Wildman–Crippen MR) is 160 cm³/mol. The van der Waals surface area contributed by atoms with Crippen molar-refractivity contribution in [1.29, 1.82) is 0 Å². The topological polar surface area (TPSA) is 157 Å². The average Bonchev–Trinajstić information content (AvgIpc) is 3.63. The van der Waals surface area contributed by atoms with Crippen LogP contribution in [0.15, 0.2) is 81.7 Å². The van der Waals surface area contributed by atoms with Crippen molar-refractivity contribution in [3.63, 3.8) is 0 Å². The van der Waals surface area contributed by atoms with Gasteiger partial charge in [-0.3, -0.25) is 19.5 Å². The number of methoxy groups -OCH3 is 1. The van der Waals surface area contributed by atoms with Gasteiger partial charge in [0.25, 0.3) is 11.2 Å². The molecule has 0 radical (unpaired) electrons. The van der Waals surface area contributed by atoms with Gasteiger partial charge in [-0.1, -0.05) is 12.1 Å². The molecule has 1 unspecified atom stereocenters. The number of allylic oxidation sites excluding steroid dienone is 1. The number of nitrogens with zero attached hydrogens (tertiary/aromatic N) is 3. The fourth-order valence-electron chi connectivity index (χ4n) is 5.23. The molecule has 230 valence electrons. The van der Waals surface area contributed by atoms with Crippen LogP contribution in [0.25, 0.3) is 6.08 Å². The van der Waals surface area contributed by atoms with Gasteiger partial charge in [-0.2, -0.15) is 0 Å². The van der Waals surface area contributed by atoms with E-state index in [1.807, 2.05) is 0 Å². The fraction of sp³-hybridized carbons (Fsp3) is 0.219. The van der Waals surface area contributed by atoms with E-state index in [9.17, 15) is 19.7 Å². The standard InChI is InChI=1S/C32H28N4O9/c1-4-42-31(38)28-18(2)33-32-34-23(30(37)35(32)29(28)21-8-12-25-27(15-21)45-17-44-25)13-20-7-11-24(26(14-20)41-3)43-16-19-5-9-22(10-6-19)36(39)40/h5-15,29H,4,16-17H2,1-3H3,(H,33,34). The van der Waals surface area contributed by atoms with Crippen LogP contribution in [0.3, 0.4) is 0 Å². The minimum atomic E-state index is -0.832. The van der Waals surface area contributed by atoms with Crippen molar-refractivity contribution in [3.05, 3.63) is 120 Å². The fourth-order valence-corrected chi connectivity index (χ4v) is 5.23. The molecule has 3 aromatic carbocycles. The maximum absolute atomic E-state index is 13.9. The molecule has 2 aliphatic rings. The second-order valence-electron chi connectivity index (χ2n) is 10.2. The third-order valence-corrected chi connectivity index (χ3v) is 7.37. The highest BCUT2D eigenvalue weighted by Gasteiger charge is 2.34. The molecule has 13 nitrogen and oxygen atoms in total. The van der Waals surface area contributed by atoms with E-state index in [4.69, 9.17) is 23.7 Å². The van der Waals surface area contributed by atoms with Gasteiger partial charge in [0.05, 0.1) is 36.0 Å². The van der Waals surface area contributed by atoms with Crippen LogP contribution in [0.2, 0.25) is 0 Å². The van der Waals surface area contributed by atoms with Gasteiger partial charge in [-0.05, 0) is 73.0 Å². The van der Waals surface area contributed by atoms with Crippen LogP contribution in [-0.2, 0) is 16.1 Å². The molecular formula is C32H28N4O9. The number of benzene rings is 3. The maximum Gasteiger partial charge on any atom is 0.338 e. The number of carbonyl (C=O) groups excluding carboxylic acids is 1. The molecule has 4 aromatic rings. The molecule has 13 heteroatoms. The summed E-state index contributed by atoms with van der Waals surface area (Å²) in [7, 11) is 1.50. The highest BCUT2D eigenvalue weighted by molar-refractivity contribution is 5.91. The molecule has 0 fully saturated rings. The Hall–Kier alpha value is -5.85. The number of imidazole rings is 1. The van der Waals surface area contributed by atoms with Crippen LogP contribution in [0, 0.1) is 10.1 Å². The number of H-pyrrole nitrogens is 1. The lowest BCUT2D eigenvalue weighted by Gasteiger charge is -2.24. The summed E-state index contributed by atoms with van der Waals surface area (Å²) in [5.41, 5.74) is 2.54. The van der Waals surface area contributed by atoms with Crippen LogP contribution in [-0.4, -0.2) is 41.0 Å². The Balaban J connectivity index is 1.35. The lowest BCUT2D eigenvalue weighted by molar-refractivity contribution is -0.384. The third-order valence-electron chi connectivity index (χ3n) is 7.37. The Bertz CT molecular complexity index is 2030. The van der Waals surface area contributed by atoms with Crippen molar-refractivity contribution in [2.45, 2.75) is 26.5 Å². The molecular weight excluding hydrogens is 584 g/mol. The number of fused-ring (bicyclic) bond motifs is 2. The Morgan fingerprint density at radius 3 is 2.62 bits per heavy atom. The zero-order chi connectivity index (χ0) is 31.7. The normalized spacial score (nSPS) is 15.4. The summed E-state index contributed by atoms with van der Waals surface area (Å²) in [6.45, 7) is 3.82. The molecule has 0 aliphatic carbocycles. The number of carbonyl (C=O) groups is 1. The number of aromatic amines is 1. The molecule has 1 aromatic heterocycles. The van der Waals surface area contributed by atoms with Crippen molar-refractivity contribution in [2.75, 3.05) is 20.5 Å². The number of nitrogens with one attached hydrogen (secondary N) is 1. The lowest BCUT2D eigenvalue weighted by Crippen LogP contribution is -2.40. The predicted octanol–water partition coefficient (Wildman–Crippen LogP) is 3.29. The maximum atomic E-state index is 13.9. The molecule has 0 saturated heterocycles. The molecule has 45 heavy (non-hydrogen) atoms. The molecule has 1 N–H and O–H groups in total. The number of hydrogen-bond donors (Lipinski definition) is 1. The van der Waals surface area contributed by atoms with Gasteiger partial charge < -0.3 is 28.7 Å². The van der Waals surface area contributed by atoms with Gasteiger partial charge in [0.2, 0.25) is 12.4 Å². The van der Waals surface area contributed by atoms with E-state index in [0.717, 1.165) is 5.56 Å². The Labute approximate surface area is 255 Å². The Kier molecular flexibility index (Phi) is 7.82. The first-order valence-corrected chi connectivity index (χ1v) is 14.0. The number of non-ortho nitro benzene ring substituents is 1. The number of rotatable bonds is 9. The molecule has 2 aliphatic heterocycles. The van der Waals surface area contributed by atoms with Crippen molar-refractivity contribution in [2.24, 2.45) is 4.99 Å². The van der Waals surface area contributed by atoms with Crippen molar-refractivity contribution in [3.8, 4) is 23.0 Å². The van der Waals surface area contributed by atoms with Gasteiger partial charge in [-0.15, -0.1) is 0 Å². The number of aromatic nitrogens is 2. The monoisotopic (exact) mass is 612 g/mol. The zero-order valence-corrected chi connectivity index (χ0v) is 24.6. The van der Waals surface area contributed by atoms with E-state index in [1.165, 1.54) is 23.8 Å². The largest absolute Gasteiger partial charge is 0.493 e. The SMILES string of the molecule is CCOC(=O)C1=C(C)N=c2[nH]c(=Cc3ccc(OCc4ccc([N+](=O)[O-])cc4)c(OC)c3)c(=O)n2C1c1ccc2c(c1)OCO2. The molecule has 0 spiro atoms. The summed E-state index contributed by atoms with van der Waals surface area (Å²) in [5, 5.41) is 11.1. The molecule has 6 rings (SSSR count). The first-order valence-electron chi connectivity index (χ1n) is 14.0. The van der Waals surface area contributed by atoms with Crippen LogP contribution in [0.5, 0.6) is 23.0 Å². The highest BCUT2D eigenvalue weighted by atomic mass is 16.7. The number of esters is 1. The van der Waals surface area contributed by atoms with E-state index in [0.29, 0.717) is 39.8 Å². The average molecular weight is 613 g/mol. The van der Waals surface area contributed by atoms with Gasteiger partial charge in [0, 0.05) is 12.1 Å². The van der Waals surface area contributed by atoms with Crippen LogP contribution >= 0.6 is 0 Å². The zero-order valence-electron chi connectivity index (χ0n) is 24.6. The molecule has 0 bridgehead atoms. The van der Waals surface area contributed by atoms with E-state index in [2.05, 4.69) is 9.98 Å². The molecule has 0 saturated carbocycles. The van der Waals surface area contributed by atoms with Gasteiger partial charge >= 0.3 is 5.97 Å². The minimum Gasteiger partial charge on any atom is -0.493 e. The van der Waals surface area contributed by atoms with E-state index >= 15 is 0 Å². The summed E-state index contributed by atoms with van der Waals surface area (Å²) in [5.74, 6) is 1.39. The number of nitro benzene ring substituents is 1. The van der Waals surface area contributed by atoms with Crippen LogP contribution < -0.4 is 35.5 Å². The van der Waals surface area contributed by atoms with Crippen molar-refractivity contribution >= 4 is 17.7 Å². The third kappa shape index (κ3) is 5.62. The van der Waals surface area contributed by atoms with Gasteiger partial charge in [0.15, 0.2) is 23.0 Å². The summed E-state index contributed by atoms with van der Waals surface area (Å²) in [6, 6.07) is 15.7. The lowest BCUT2D eigenvalue weighted by atomic mass is 9.95. The molecule has 0 amide bonds. The summed E-state index contributed by atoms with van der Waals surface area (Å²) in [4.78, 5) is 45.2. The van der Waals surface area contributed by atoms with E-state index in [-0.39, 0.29) is 42.2 Å². The molecule has 3 heterocycles. The summed E-state index contributed by atoms with van der Waals surface area (Å²) >= 11 is 0. The smallest absolute Gasteiger partial charge is 0.338 e. The Morgan fingerprint density at radius 1 is 1.11 bits per heavy atom. The van der Waals surface area contributed by atoms with E-state index < -0.39 is 22.5 Å². The van der Waals surface area contributed by atoms with Gasteiger partial charge in [0.1, 0.15) is 12.0 Å². The number of ether oxygens (including phenoxy) is 5. The van der Waals surface area contributed by atoms with Gasteiger partial charge in [-0.25, -0.2) is 9.79 Å². The molecule has 1 atom stereocenters. The van der Waals surface area contributed by atoms with E-state index in [1.54, 1.807) is 68.5 Å². The second kappa shape index (κ2) is 12.0. The first-order chi connectivity index (χ1) is 21.8. The first kappa shape index (κ1) is 29.2. The van der Waals surface area contributed by atoms with Crippen molar-refractivity contribution < 1.29 is 33.4 Å². The van der Waals surface area contributed by atoms with Crippen LogP contribution in [0.4, 0.5) is 5.69 Å². The van der Waals surface area contributed by atoms with Crippen LogP contribution in [0.1, 0.15) is 36.6 Å². The minimum absolute atomic E-state index is 0.00352. The highest BCUT2D eigenvalue weighted by Crippen LogP contribution is 2.38. The Morgan fingerprint density at radius 2 is 1.89 bits per heavy atom. The number of hydrogen-bond acceptors (Lipinski definition) is 10. The van der Waals surface area contributed by atoms with Crippen molar-refractivity contribution in [1.82, 2.24) is 9.55 Å². The number of nitro groups is 1. The quantitative estimate of drug-likeness (QED) is 0.170.